The fourth-order valence-electron chi connectivity index (χ4n) is 5.39. The lowest BCUT2D eigenvalue weighted by Gasteiger charge is -2.29. The van der Waals surface area contributed by atoms with Gasteiger partial charge in [0, 0.05) is 5.56 Å². The highest BCUT2D eigenvalue weighted by Gasteiger charge is 2.31. The van der Waals surface area contributed by atoms with E-state index >= 15 is 4.39 Å². The van der Waals surface area contributed by atoms with E-state index < -0.39 is 6.36 Å². The lowest BCUT2D eigenvalue weighted by atomic mass is 9.76. The molecule has 2 aromatic rings. The number of rotatable bonds is 7. The smallest absolute Gasteiger partial charge is 0.406 e. The number of allylic oxidation sites excluding steroid dienone is 1. The molecule has 2 aliphatic carbocycles. The van der Waals surface area contributed by atoms with Crippen LogP contribution in [0.25, 0.3) is 11.6 Å². The first kappa shape index (κ1) is 23.8. The summed E-state index contributed by atoms with van der Waals surface area (Å²) in [5.74, 6) is 0.841. The maximum absolute atomic E-state index is 15.1. The molecule has 1 saturated carbocycles. The summed E-state index contributed by atoms with van der Waals surface area (Å²) in [6.07, 6.45) is 8.28. The molecule has 2 aliphatic rings. The molecule has 5 heteroatoms. The van der Waals surface area contributed by atoms with Crippen LogP contribution >= 0.6 is 0 Å². The number of benzene rings is 2. The van der Waals surface area contributed by atoms with Gasteiger partial charge in [-0.1, -0.05) is 56.9 Å². The van der Waals surface area contributed by atoms with Gasteiger partial charge in [-0.15, -0.1) is 13.2 Å². The van der Waals surface area contributed by atoms with Gasteiger partial charge in [-0.3, -0.25) is 0 Å². The van der Waals surface area contributed by atoms with Gasteiger partial charge in [-0.25, -0.2) is 4.39 Å². The maximum atomic E-state index is 15.1. The van der Waals surface area contributed by atoms with E-state index in [1.165, 1.54) is 50.7 Å². The van der Waals surface area contributed by atoms with Crippen LogP contribution in [-0.2, 0) is 6.42 Å². The fourth-order valence-corrected chi connectivity index (χ4v) is 5.39. The van der Waals surface area contributed by atoms with Crippen molar-refractivity contribution in [3.8, 4) is 5.75 Å². The maximum Gasteiger partial charge on any atom is 0.573 e. The summed E-state index contributed by atoms with van der Waals surface area (Å²) in [6.45, 7) is 2.24. The zero-order valence-corrected chi connectivity index (χ0v) is 19.2. The molecule has 0 unspecified atom stereocenters. The van der Waals surface area contributed by atoms with Gasteiger partial charge >= 0.3 is 6.36 Å². The number of ether oxygens (including phenoxy) is 1. The van der Waals surface area contributed by atoms with E-state index in [2.05, 4.69) is 17.7 Å². The van der Waals surface area contributed by atoms with Crippen LogP contribution in [0.2, 0.25) is 0 Å². The van der Waals surface area contributed by atoms with Crippen molar-refractivity contribution >= 4 is 11.6 Å². The summed E-state index contributed by atoms with van der Waals surface area (Å²) in [5, 5.41) is 0. The molecular formula is C28H32F4O. The number of halogens is 4. The van der Waals surface area contributed by atoms with Crippen LogP contribution in [0.3, 0.4) is 0 Å². The fraction of sp³-hybridized carbons (Fsp3) is 0.500. The lowest BCUT2D eigenvalue weighted by molar-refractivity contribution is -0.274. The normalized spacial score (nSPS) is 20.8. The Labute approximate surface area is 193 Å². The van der Waals surface area contributed by atoms with Gasteiger partial charge in [0.25, 0.3) is 0 Å². The first-order valence-electron chi connectivity index (χ1n) is 12.2. The van der Waals surface area contributed by atoms with Gasteiger partial charge < -0.3 is 4.74 Å². The third kappa shape index (κ3) is 6.18. The Morgan fingerprint density at radius 2 is 1.73 bits per heavy atom. The van der Waals surface area contributed by atoms with Crippen LogP contribution < -0.4 is 4.74 Å². The molecule has 1 nitrogen and oxygen atoms in total. The van der Waals surface area contributed by atoms with Gasteiger partial charge in [-0.2, -0.15) is 0 Å². The molecule has 178 valence electrons. The summed E-state index contributed by atoms with van der Waals surface area (Å²) in [6, 6.07) is 10.00. The first-order chi connectivity index (χ1) is 15.8. The lowest BCUT2D eigenvalue weighted by Crippen LogP contribution is -2.17. The molecule has 0 aliphatic heterocycles. The third-order valence-electron chi connectivity index (χ3n) is 7.21. The molecule has 4 rings (SSSR count). The minimum Gasteiger partial charge on any atom is -0.406 e. The largest absolute Gasteiger partial charge is 0.573 e. The summed E-state index contributed by atoms with van der Waals surface area (Å²) in [4.78, 5) is 0. The van der Waals surface area contributed by atoms with Crippen LogP contribution in [0.1, 0.15) is 92.9 Å². The zero-order valence-electron chi connectivity index (χ0n) is 19.2. The molecule has 0 N–H and O–H groups in total. The molecule has 0 bridgehead atoms. The Balaban J connectivity index is 1.43. The van der Waals surface area contributed by atoms with E-state index in [1.807, 2.05) is 12.1 Å². The second-order valence-corrected chi connectivity index (χ2v) is 9.53. The first-order valence-corrected chi connectivity index (χ1v) is 12.2. The highest BCUT2D eigenvalue weighted by atomic mass is 19.4. The van der Waals surface area contributed by atoms with Crippen molar-refractivity contribution in [3.63, 3.8) is 0 Å². The Morgan fingerprint density at radius 3 is 2.42 bits per heavy atom. The van der Waals surface area contributed by atoms with Crippen molar-refractivity contribution in [3.05, 3.63) is 64.5 Å². The standard InChI is InChI=1S/C28H32F4O/c1-2-3-4-5-19-6-8-20(9-7-19)23-13-15-26(27(29)18-23)24-11-10-22-17-25(33-28(30,31)32)14-12-21(22)16-24/h12-20H,2-11H2,1H3. The molecule has 0 spiro atoms. The van der Waals surface area contributed by atoms with Gasteiger partial charge in [-0.05, 0) is 90.8 Å². The molecule has 2 aromatic carbocycles. The molecule has 0 atom stereocenters. The predicted octanol–water partition coefficient (Wildman–Crippen LogP) is 9.07. The van der Waals surface area contributed by atoms with Gasteiger partial charge in [0.1, 0.15) is 11.6 Å². The molecule has 1 fully saturated rings. The Bertz CT molecular complexity index is 984. The van der Waals surface area contributed by atoms with Crippen molar-refractivity contribution in [2.45, 2.75) is 83.4 Å². The minimum absolute atomic E-state index is 0.204. The van der Waals surface area contributed by atoms with Crippen molar-refractivity contribution in [2.75, 3.05) is 0 Å². The molecule has 33 heavy (non-hydrogen) atoms. The van der Waals surface area contributed by atoms with E-state index in [4.69, 9.17) is 0 Å². The van der Waals surface area contributed by atoms with Crippen LogP contribution in [0, 0.1) is 11.7 Å². The summed E-state index contributed by atoms with van der Waals surface area (Å²) in [5.41, 5.74) is 4.17. The molecule has 0 amide bonds. The third-order valence-corrected chi connectivity index (χ3v) is 7.21. The van der Waals surface area contributed by atoms with E-state index in [0.29, 0.717) is 24.3 Å². The van der Waals surface area contributed by atoms with Crippen LogP contribution in [0.15, 0.2) is 36.4 Å². The van der Waals surface area contributed by atoms with Gasteiger partial charge in [0.2, 0.25) is 0 Å². The molecular weight excluding hydrogens is 428 g/mol. The molecule has 0 saturated heterocycles. The van der Waals surface area contributed by atoms with Crippen molar-refractivity contribution in [2.24, 2.45) is 5.92 Å². The Hall–Kier alpha value is -2.30. The monoisotopic (exact) mass is 460 g/mol. The second-order valence-electron chi connectivity index (χ2n) is 9.53. The number of hydrogen-bond acceptors (Lipinski definition) is 1. The quantitative estimate of drug-likeness (QED) is 0.296. The van der Waals surface area contributed by atoms with Crippen LogP contribution in [-0.4, -0.2) is 6.36 Å². The summed E-state index contributed by atoms with van der Waals surface area (Å²) >= 11 is 0. The summed E-state index contributed by atoms with van der Waals surface area (Å²) in [7, 11) is 0. The topological polar surface area (TPSA) is 9.23 Å². The number of aryl methyl sites for hydroxylation is 1. The van der Waals surface area contributed by atoms with Gasteiger partial charge in [0.15, 0.2) is 0 Å². The minimum atomic E-state index is -4.71. The van der Waals surface area contributed by atoms with Crippen LogP contribution in [0.5, 0.6) is 5.75 Å². The number of fused-ring (bicyclic) bond motifs is 1. The van der Waals surface area contributed by atoms with E-state index in [0.717, 1.165) is 41.0 Å². The second kappa shape index (κ2) is 10.3. The average molecular weight is 461 g/mol. The van der Waals surface area contributed by atoms with E-state index in [1.54, 1.807) is 12.1 Å². The SMILES string of the molecule is CCCCCC1CCC(c2ccc(C3=Cc4ccc(OC(F)(F)F)cc4CC3)c(F)c2)CC1. The van der Waals surface area contributed by atoms with Crippen molar-refractivity contribution in [1.29, 1.82) is 0 Å². The molecule has 0 heterocycles. The van der Waals surface area contributed by atoms with Crippen LogP contribution in [0.4, 0.5) is 17.6 Å². The number of hydrogen-bond donors (Lipinski definition) is 0. The summed E-state index contributed by atoms with van der Waals surface area (Å²) < 4.78 is 56.6. The average Bonchev–Trinajstić information content (AvgIpc) is 2.78. The number of alkyl halides is 3. The van der Waals surface area contributed by atoms with E-state index in [-0.39, 0.29) is 11.6 Å². The van der Waals surface area contributed by atoms with E-state index in [9.17, 15) is 13.2 Å². The highest BCUT2D eigenvalue weighted by Crippen LogP contribution is 2.40. The van der Waals surface area contributed by atoms with Crippen molar-refractivity contribution < 1.29 is 22.3 Å². The van der Waals surface area contributed by atoms with Gasteiger partial charge in [0.05, 0.1) is 0 Å². The predicted molar refractivity (Wildman–Crippen MR) is 125 cm³/mol. The highest BCUT2D eigenvalue weighted by molar-refractivity contribution is 5.84. The Morgan fingerprint density at radius 1 is 0.939 bits per heavy atom. The van der Waals surface area contributed by atoms with Crippen molar-refractivity contribution in [1.82, 2.24) is 0 Å². The molecule has 0 aromatic heterocycles. The number of unbranched alkanes of at least 4 members (excludes halogenated alkanes) is 2. The zero-order chi connectivity index (χ0) is 23.4. The molecule has 0 radical (unpaired) electrons. The Kier molecular flexibility index (Phi) is 7.45.